The zero-order chi connectivity index (χ0) is 27.3. The van der Waals surface area contributed by atoms with Gasteiger partial charge in [0.05, 0.1) is 11.4 Å². The number of amides is 2. The van der Waals surface area contributed by atoms with Crippen LogP contribution < -0.4 is 14.9 Å². The molecule has 1 saturated heterocycles. The van der Waals surface area contributed by atoms with E-state index in [4.69, 9.17) is 0 Å². The number of nitrogens with one attached hydrogen (secondary N) is 2. The number of ketones is 1. The molecule has 3 aromatic carbocycles. The number of carbonyl (C=O) groups is 2. The highest BCUT2D eigenvalue weighted by molar-refractivity contribution is 7.92. The first-order valence-electron chi connectivity index (χ1n) is 12.3. The Morgan fingerprint density at radius 3 is 2.39 bits per heavy atom. The van der Waals surface area contributed by atoms with E-state index < -0.39 is 15.6 Å². The highest BCUT2D eigenvalue weighted by Crippen LogP contribution is 2.22. The topological polar surface area (TPSA) is 98.8 Å². The molecule has 10 heteroatoms. The highest BCUT2D eigenvalue weighted by atomic mass is 32.2. The molecule has 0 spiro atoms. The number of benzene rings is 3. The van der Waals surface area contributed by atoms with Gasteiger partial charge in [-0.15, -0.1) is 0 Å². The summed E-state index contributed by atoms with van der Waals surface area (Å²) in [5.41, 5.74) is 0.907. The second kappa shape index (κ2) is 11.3. The van der Waals surface area contributed by atoms with Crippen molar-refractivity contribution in [2.45, 2.75) is 30.7 Å². The van der Waals surface area contributed by atoms with Gasteiger partial charge in [0.1, 0.15) is 5.82 Å². The molecule has 0 bridgehead atoms. The fraction of sp³-hybridized carbons (Fsp3) is 0.286. The lowest BCUT2D eigenvalue weighted by Gasteiger charge is -2.28. The SMILES string of the molecule is CC(C)(CCN1CCN(c2ccc(F)cc2)C1=O)NCC(=O)c1cccc(NS(=O)(=O)c2ccccc2)c1. The van der Waals surface area contributed by atoms with Crippen molar-refractivity contribution in [3.63, 3.8) is 0 Å². The van der Waals surface area contributed by atoms with Crippen molar-refractivity contribution in [2.24, 2.45) is 0 Å². The Morgan fingerprint density at radius 1 is 0.974 bits per heavy atom. The lowest BCUT2D eigenvalue weighted by molar-refractivity contribution is 0.0978. The molecule has 1 aliphatic heterocycles. The van der Waals surface area contributed by atoms with Gasteiger partial charge >= 0.3 is 6.03 Å². The number of hydrogen-bond acceptors (Lipinski definition) is 5. The highest BCUT2D eigenvalue weighted by Gasteiger charge is 2.31. The lowest BCUT2D eigenvalue weighted by Crippen LogP contribution is -2.45. The van der Waals surface area contributed by atoms with Crippen LogP contribution in [0.2, 0.25) is 0 Å². The van der Waals surface area contributed by atoms with Crippen LogP contribution in [-0.4, -0.2) is 56.9 Å². The Labute approximate surface area is 222 Å². The monoisotopic (exact) mass is 538 g/mol. The average molecular weight is 539 g/mol. The van der Waals surface area contributed by atoms with E-state index in [2.05, 4.69) is 10.0 Å². The van der Waals surface area contributed by atoms with Crippen LogP contribution in [0.25, 0.3) is 0 Å². The first kappa shape index (κ1) is 27.3. The molecule has 8 nitrogen and oxygen atoms in total. The molecule has 38 heavy (non-hydrogen) atoms. The van der Waals surface area contributed by atoms with Crippen molar-refractivity contribution >= 4 is 33.2 Å². The number of Topliss-reactive ketones (excluding diaryl/α,β-unsaturated/α-hetero) is 1. The minimum atomic E-state index is -3.76. The summed E-state index contributed by atoms with van der Waals surface area (Å²) in [5.74, 6) is -0.529. The van der Waals surface area contributed by atoms with E-state index in [0.717, 1.165) is 0 Å². The Morgan fingerprint density at radius 2 is 1.68 bits per heavy atom. The zero-order valence-electron chi connectivity index (χ0n) is 21.4. The molecule has 3 aromatic rings. The molecular weight excluding hydrogens is 507 g/mol. The predicted octanol–water partition coefficient (Wildman–Crippen LogP) is 4.51. The third-order valence-electron chi connectivity index (χ3n) is 6.46. The molecule has 0 radical (unpaired) electrons. The van der Waals surface area contributed by atoms with Crippen LogP contribution in [-0.2, 0) is 10.0 Å². The number of sulfonamides is 1. The van der Waals surface area contributed by atoms with E-state index in [1.807, 2.05) is 13.8 Å². The van der Waals surface area contributed by atoms with E-state index >= 15 is 0 Å². The summed E-state index contributed by atoms with van der Waals surface area (Å²) < 4.78 is 40.9. The van der Waals surface area contributed by atoms with Gasteiger partial charge in [0.2, 0.25) is 0 Å². The molecule has 1 aliphatic rings. The van der Waals surface area contributed by atoms with Gasteiger partial charge in [-0.1, -0.05) is 30.3 Å². The molecule has 0 unspecified atom stereocenters. The summed E-state index contributed by atoms with van der Waals surface area (Å²) in [5, 5.41) is 3.26. The van der Waals surface area contributed by atoms with Crippen LogP contribution in [0, 0.1) is 5.82 Å². The Hall–Kier alpha value is -3.76. The second-order valence-corrected chi connectivity index (χ2v) is 11.5. The van der Waals surface area contributed by atoms with Gasteiger partial charge in [0, 0.05) is 42.1 Å². The molecule has 0 aliphatic carbocycles. The van der Waals surface area contributed by atoms with Crippen LogP contribution in [0.5, 0.6) is 0 Å². The molecule has 0 atom stereocenters. The molecular formula is C28H31FN4O4S. The van der Waals surface area contributed by atoms with Crippen LogP contribution >= 0.6 is 0 Å². The molecule has 4 rings (SSSR count). The van der Waals surface area contributed by atoms with Crippen LogP contribution in [0.4, 0.5) is 20.6 Å². The first-order chi connectivity index (χ1) is 18.0. The third kappa shape index (κ3) is 6.76. The van der Waals surface area contributed by atoms with Gasteiger partial charge in [-0.25, -0.2) is 17.6 Å². The normalized spacial score (nSPS) is 14.1. The minimum Gasteiger partial charge on any atom is -0.322 e. The van der Waals surface area contributed by atoms with Crippen molar-refractivity contribution in [1.29, 1.82) is 0 Å². The van der Waals surface area contributed by atoms with E-state index in [0.29, 0.717) is 43.0 Å². The molecule has 2 N–H and O–H groups in total. The predicted molar refractivity (Wildman–Crippen MR) is 145 cm³/mol. The molecule has 1 fully saturated rings. The third-order valence-corrected chi connectivity index (χ3v) is 7.85. The van der Waals surface area contributed by atoms with Crippen molar-refractivity contribution in [1.82, 2.24) is 10.2 Å². The van der Waals surface area contributed by atoms with Crippen molar-refractivity contribution in [3.05, 3.63) is 90.2 Å². The van der Waals surface area contributed by atoms with Crippen molar-refractivity contribution in [3.8, 4) is 0 Å². The maximum Gasteiger partial charge on any atom is 0.324 e. The lowest BCUT2D eigenvalue weighted by atomic mass is 9.99. The van der Waals surface area contributed by atoms with E-state index in [1.54, 1.807) is 58.3 Å². The summed E-state index contributed by atoms with van der Waals surface area (Å²) in [6.45, 7) is 5.57. The number of halogens is 1. The molecule has 200 valence electrons. The van der Waals surface area contributed by atoms with Gasteiger partial charge in [-0.3, -0.25) is 14.4 Å². The van der Waals surface area contributed by atoms with Gasteiger partial charge in [-0.2, -0.15) is 0 Å². The van der Waals surface area contributed by atoms with Gasteiger partial charge < -0.3 is 10.2 Å². The molecule has 1 heterocycles. The Balaban J connectivity index is 1.29. The maximum atomic E-state index is 13.2. The van der Waals surface area contributed by atoms with Crippen LogP contribution in [0.15, 0.2) is 83.8 Å². The Kier molecular flexibility index (Phi) is 8.13. The molecule has 0 aromatic heterocycles. The van der Waals surface area contributed by atoms with Crippen molar-refractivity contribution < 1.29 is 22.4 Å². The van der Waals surface area contributed by atoms with E-state index in [-0.39, 0.29) is 29.1 Å². The molecule has 2 amide bonds. The minimum absolute atomic E-state index is 0.0531. The van der Waals surface area contributed by atoms with Crippen LogP contribution in [0.3, 0.4) is 0 Å². The quantitative estimate of drug-likeness (QED) is 0.350. The van der Waals surface area contributed by atoms with Gasteiger partial charge in [-0.05, 0) is 68.8 Å². The van der Waals surface area contributed by atoms with Gasteiger partial charge in [0.15, 0.2) is 5.78 Å². The maximum absolute atomic E-state index is 13.2. The first-order valence-corrected chi connectivity index (χ1v) is 13.8. The fourth-order valence-electron chi connectivity index (χ4n) is 4.15. The van der Waals surface area contributed by atoms with Crippen molar-refractivity contribution in [2.75, 3.05) is 35.8 Å². The Bertz CT molecular complexity index is 1400. The summed E-state index contributed by atoms with van der Waals surface area (Å²) in [6, 6.07) is 20.1. The average Bonchev–Trinajstić information content (AvgIpc) is 3.27. The second-order valence-electron chi connectivity index (χ2n) is 9.81. The summed E-state index contributed by atoms with van der Waals surface area (Å²) in [4.78, 5) is 29.2. The summed E-state index contributed by atoms with van der Waals surface area (Å²) >= 11 is 0. The standard InChI is InChI=1S/C28H31FN4O4S/c1-28(2,15-16-32-17-18-33(27(32)35)24-13-11-22(29)12-14-24)30-20-26(34)21-7-6-8-23(19-21)31-38(36,37)25-9-4-3-5-10-25/h3-14,19,30-31H,15-18,20H2,1-2H3. The fourth-order valence-corrected chi connectivity index (χ4v) is 5.22. The number of urea groups is 1. The smallest absolute Gasteiger partial charge is 0.322 e. The van der Waals surface area contributed by atoms with E-state index in [1.165, 1.54) is 30.3 Å². The summed E-state index contributed by atoms with van der Waals surface area (Å²) in [6.07, 6.45) is 0.611. The number of nitrogens with zero attached hydrogens (tertiary/aromatic N) is 2. The molecule has 0 saturated carbocycles. The zero-order valence-corrected chi connectivity index (χ0v) is 22.2. The number of hydrogen-bond donors (Lipinski definition) is 2. The summed E-state index contributed by atoms with van der Waals surface area (Å²) in [7, 11) is -3.76. The van der Waals surface area contributed by atoms with E-state index in [9.17, 15) is 22.4 Å². The van der Waals surface area contributed by atoms with Crippen LogP contribution in [0.1, 0.15) is 30.6 Å². The number of carbonyl (C=O) groups excluding carboxylic acids is 2. The largest absolute Gasteiger partial charge is 0.324 e. The van der Waals surface area contributed by atoms with Gasteiger partial charge in [0.25, 0.3) is 10.0 Å². The number of anilines is 2. The number of rotatable bonds is 11.